The Morgan fingerprint density at radius 2 is 0.408 bits per heavy atom. The predicted molar refractivity (Wildman–Crippen MR) is 477 cm³/mol. The maximum atomic E-state index is 12.6. The summed E-state index contributed by atoms with van der Waals surface area (Å²) in [5.74, 6) is -2.53. The Balaban J connectivity index is 0.000000285. The number of hydrogen-bond acceptors (Lipinski definition) is 20. The molecular formula is C96H132N12O12. The normalized spacial score (nSPS) is 14.0. The number of nitrogens with two attached hydrogens (primary N) is 8. The minimum Gasteiger partial charge on any atom is -0.508 e. The largest absolute Gasteiger partial charge is 0.508 e. The Labute approximate surface area is 709 Å². The number of rotatable bonds is 40. The van der Waals surface area contributed by atoms with Gasteiger partial charge in [0, 0.05) is 99.7 Å². The summed E-state index contributed by atoms with van der Waals surface area (Å²) in [6.07, 6.45) is 4.53. The summed E-state index contributed by atoms with van der Waals surface area (Å²) in [4.78, 5) is 99.7. The second kappa shape index (κ2) is 50.3. The van der Waals surface area contributed by atoms with E-state index in [4.69, 9.17) is 45.9 Å². The van der Waals surface area contributed by atoms with E-state index in [2.05, 4.69) is 21.3 Å². The molecule has 24 nitrogen and oxygen atoms in total. The van der Waals surface area contributed by atoms with Gasteiger partial charge in [0.1, 0.15) is 23.0 Å². The molecule has 12 atom stereocenters. The molecule has 0 saturated heterocycles. The van der Waals surface area contributed by atoms with E-state index < -0.39 is 47.8 Å². The van der Waals surface area contributed by atoms with Gasteiger partial charge in [-0.15, -0.1) is 0 Å². The zero-order valence-electron chi connectivity index (χ0n) is 72.1. The average molecular weight is 1650 g/mol. The first kappa shape index (κ1) is 99.8. The number of Topliss-reactive ketones (excluding diaryl/α,β-unsaturated/α-hetero) is 4. The number of carbonyl (C=O) groups is 8. The summed E-state index contributed by atoms with van der Waals surface area (Å²) in [7, 11) is 0. The Morgan fingerprint density at radius 3 is 0.558 bits per heavy atom. The van der Waals surface area contributed by atoms with Crippen LogP contribution in [-0.2, 0) is 89.7 Å². The smallest absolute Gasteiger partial charge is 0.223 e. The lowest BCUT2D eigenvalue weighted by Gasteiger charge is -2.18. The van der Waals surface area contributed by atoms with Crippen LogP contribution in [0.1, 0.15) is 142 Å². The molecular weight excluding hydrogens is 1510 g/mol. The molecule has 0 radical (unpaired) electrons. The maximum Gasteiger partial charge on any atom is 0.223 e. The molecule has 0 bridgehead atoms. The molecule has 8 aromatic rings. The van der Waals surface area contributed by atoms with E-state index in [0.717, 1.165) is 89.0 Å². The van der Waals surface area contributed by atoms with Gasteiger partial charge in [-0.2, -0.15) is 0 Å². The lowest BCUT2D eigenvalue weighted by molar-refractivity contribution is -0.129. The highest BCUT2D eigenvalue weighted by Gasteiger charge is 2.28. The third-order valence-electron chi connectivity index (χ3n) is 21.4. The Hall–Kier alpha value is -10.8. The van der Waals surface area contributed by atoms with Gasteiger partial charge >= 0.3 is 0 Å². The van der Waals surface area contributed by atoms with Gasteiger partial charge in [-0.3, -0.25) is 38.4 Å². The zero-order chi connectivity index (χ0) is 89.0. The van der Waals surface area contributed by atoms with E-state index >= 15 is 0 Å². The van der Waals surface area contributed by atoms with Crippen LogP contribution in [0.5, 0.6) is 23.0 Å². The van der Waals surface area contributed by atoms with Crippen molar-refractivity contribution in [2.24, 2.45) is 69.5 Å². The monoisotopic (exact) mass is 1650 g/mol. The van der Waals surface area contributed by atoms with Gasteiger partial charge in [-0.25, -0.2) is 0 Å². The third-order valence-corrected chi connectivity index (χ3v) is 21.4. The van der Waals surface area contributed by atoms with Crippen LogP contribution >= 0.6 is 0 Å². The number of aromatic hydroxyl groups is 4. The fraction of sp³-hybridized carbons (Fsp3) is 0.417. The van der Waals surface area contributed by atoms with Gasteiger partial charge < -0.3 is 87.6 Å². The minimum atomic E-state index is -0.692. The summed E-state index contributed by atoms with van der Waals surface area (Å²) < 4.78 is 0. The predicted octanol–water partition coefficient (Wildman–Crippen LogP) is 8.64. The molecule has 4 amide bonds. The van der Waals surface area contributed by atoms with Crippen LogP contribution in [0, 0.1) is 79.1 Å². The lowest BCUT2D eigenvalue weighted by atomic mass is 9.91. The Morgan fingerprint density at radius 1 is 0.258 bits per heavy atom. The molecule has 0 unspecified atom stereocenters. The van der Waals surface area contributed by atoms with Gasteiger partial charge in [-0.1, -0.05) is 149 Å². The van der Waals surface area contributed by atoms with Crippen molar-refractivity contribution in [3.8, 4) is 23.0 Å². The summed E-state index contributed by atoms with van der Waals surface area (Å²) in [6.45, 7) is 23.4. The van der Waals surface area contributed by atoms with Crippen molar-refractivity contribution in [3.63, 3.8) is 0 Å². The first-order chi connectivity index (χ1) is 56.7. The van der Waals surface area contributed by atoms with Gasteiger partial charge in [0.25, 0.3) is 0 Å². The fourth-order valence-corrected chi connectivity index (χ4v) is 14.3. The number of nitrogens with one attached hydrogen (secondary N) is 4. The lowest BCUT2D eigenvalue weighted by Crippen LogP contribution is -2.42. The van der Waals surface area contributed by atoms with E-state index in [1.54, 1.807) is 76.2 Å². The van der Waals surface area contributed by atoms with Crippen molar-refractivity contribution in [2.75, 3.05) is 26.2 Å². The van der Waals surface area contributed by atoms with E-state index in [1.807, 2.05) is 177 Å². The van der Waals surface area contributed by atoms with Crippen LogP contribution in [0.15, 0.2) is 170 Å². The standard InChI is InChI=1S/4C24H33N3O3/c4*1-15-9-20(28)10-16(2)21(15)13-22(26)23(29)11-17(3)24(30)27-14-19(25)12-18-7-5-4-6-8-18/h4*4-10,17,19,22,28H,11-14,25-26H2,1-3H3,(H,27,30)/t17-,19+,22+;17-,19+,22-;17-,19-,22+;17-,19-,22-/m1010/s1. The Kier molecular flexibility index (Phi) is 41.8. The third kappa shape index (κ3) is 35.3. The molecule has 24 N–H and O–H groups in total. The van der Waals surface area contributed by atoms with Crippen LogP contribution in [0.3, 0.4) is 0 Å². The molecule has 8 aromatic carbocycles. The molecule has 0 spiro atoms. The van der Waals surface area contributed by atoms with Crippen LogP contribution < -0.4 is 67.1 Å². The molecule has 648 valence electrons. The molecule has 0 fully saturated rings. The number of amides is 4. The summed E-state index contributed by atoms with van der Waals surface area (Å²) in [5, 5.41) is 50.0. The second-order valence-electron chi connectivity index (χ2n) is 32.5. The van der Waals surface area contributed by atoms with E-state index in [9.17, 15) is 58.8 Å². The van der Waals surface area contributed by atoms with E-state index in [-0.39, 0.29) is 120 Å². The molecule has 8 rings (SSSR count). The number of benzene rings is 8. The van der Waals surface area contributed by atoms with Crippen molar-refractivity contribution in [1.82, 2.24) is 21.3 Å². The molecule has 0 aliphatic heterocycles. The van der Waals surface area contributed by atoms with Gasteiger partial charge in [-0.05, 0) is 244 Å². The van der Waals surface area contributed by atoms with Crippen LogP contribution in [0.2, 0.25) is 0 Å². The summed E-state index contributed by atoms with van der Waals surface area (Å²) >= 11 is 0. The van der Waals surface area contributed by atoms with Gasteiger partial charge in [0.15, 0.2) is 23.1 Å². The van der Waals surface area contributed by atoms with Crippen LogP contribution in [0.25, 0.3) is 0 Å². The first-order valence-electron chi connectivity index (χ1n) is 41.3. The summed E-state index contributed by atoms with van der Waals surface area (Å²) in [5.41, 5.74) is 64.4. The first-order valence-corrected chi connectivity index (χ1v) is 41.3. The number of hydrogen-bond donors (Lipinski definition) is 16. The highest BCUT2D eigenvalue weighted by molar-refractivity contribution is 5.92. The number of aryl methyl sites for hydroxylation is 8. The van der Waals surface area contributed by atoms with Crippen LogP contribution in [0.4, 0.5) is 0 Å². The molecule has 0 aliphatic rings. The topological polar surface area (TPSA) is 474 Å². The van der Waals surface area contributed by atoms with Crippen molar-refractivity contribution < 1.29 is 58.8 Å². The van der Waals surface area contributed by atoms with E-state index in [1.165, 1.54) is 0 Å². The number of carbonyl (C=O) groups excluding carboxylic acids is 8. The van der Waals surface area contributed by atoms with Crippen molar-refractivity contribution in [3.05, 3.63) is 259 Å². The highest BCUT2D eigenvalue weighted by atomic mass is 16.3. The minimum absolute atomic E-state index is 0.0805. The molecule has 120 heavy (non-hydrogen) atoms. The molecule has 0 aliphatic carbocycles. The highest BCUT2D eigenvalue weighted by Crippen LogP contribution is 2.27. The number of phenols is 4. The van der Waals surface area contributed by atoms with Crippen molar-refractivity contribution >= 4 is 46.8 Å². The van der Waals surface area contributed by atoms with Gasteiger partial charge in [0.2, 0.25) is 23.6 Å². The second-order valence-corrected chi connectivity index (χ2v) is 32.5. The SMILES string of the molecule is Cc1cc(O)cc(C)c1C[C@H](N)C(=O)C[C@@H](C)C(=O)NC[C@@H](N)Cc1ccccc1.Cc1cc(O)cc(C)c1C[C@H](N)C(=O)C[C@@H](C)C(=O)NC[C@H](N)Cc1ccccc1.Cc1cc(O)cc(C)c1C[C@H](N)C(=O)C[C@H](C)C(=O)NC[C@@H](N)Cc1ccccc1.Cc1cc(O)cc(C)c1C[C@H](N)C(=O)C[C@H](C)C(=O)NC[C@H](N)Cc1ccccc1. The molecule has 0 saturated carbocycles. The average Bonchev–Trinajstić information content (AvgIpc) is 0.849. The summed E-state index contributed by atoms with van der Waals surface area (Å²) in [6, 6.07) is 49.2. The molecule has 0 aromatic heterocycles. The Bertz CT molecular complexity index is 3960. The van der Waals surface area contributed by atoms with Gasteiger partial charge in [0.05, 0.1) is 24.2 Å². The van der Waals surface area contributed by atoms with Crippen molar-refractivity contribution in [2.45, 2.75) is 208 Å². The zero-order valence-corrected chi connectivity index (χ0v) is 72.1. The molecule has 24 heteroatoms. The number of ketones is 4. The molecule has 0 heterocycles. The maximum absolute atomic E-state index is 12.6. The number of phenolic OH excluding ortho intramolecular Hbond substituents is 4. The van der Waals surface area contributed by atoms with Crippen LogP contribution in [-0.4, -0.2) is 142 Å². The van der Waals surface area contributed by atoms with Crippen molar-refractivity contribution in [1.29, 1.82) is 0 Å². The fourth-order valence-electron chi connectivity index (χ4n) is 14.3. The van der Waals surface area contributed by atoms with E-state index in [0.29, 0.717) is 77.5 Å². The quantitative estimate of drug-likeness (QED) is 0.0171.